The first-order valence-corrected chi connectivity index (χ1v) is 4.99. The van der Waals surface area contributed by atoms with Gasteiger partial charge in [-0.2, -0.15) is 13.2 Å². The van der Waals surface area contributed by atoms with Gasteiger partial charge in [0.2, 0.25) is 0 Å². The topological polar surface area (TPSA) is 15.3 Å². The Morgan fingerprint density at radius 2 is 1.71 bits per heavy atom. The highest BCUT2D eigenvalue weighted by molar-refractivity contribution is 4.96. The summed E-state index contributed by atoms with van der Waals surface area (Å²) in [4.78, 5) is 1.52. The van der Waals surface area contributed by atoms with Crippen molar-refractivity contribution in [1.29, 1.82) is 0 Å². The summed E-state index contributed by atoms with van der Waals surface area (Å²) in [6.07, 6.45) is -2.21. The van der Waals surface area contributed by atoms with Gasteiger partial charge in [0.15, 0.2) is 0 Å². The third-order valence-electron chi connectivity index (χ3n) is 3.32. The fourth-order valence-corrected chi connectivity index (χ4v) is 2.27. The maximum absolute atomic E-state index is 12.1. The quantitative estimate of drug-likeness (QED) is 0.697. The highest BCUT2D eigenvalue weighted by atomic mass is 19.4. The Bertz CT molecular complexity index is 201. The van der Waals surface area contributed by atoms with E-state index in [1.165, 1.54) is 4.90 Å². The van der Waals surface area contributed by atoms with Crippen LogP contribution in [0.1, 0.15) is 12.8 Å². The zero-order chi connectivity index (χ0) is 10.2. The molecule has 0 aromatic rings. The van der Waals surface area contributed by atoms with Crippen molar-refractivity contribution < 1.29 is 13.2 Å². The maximum atomic E-state index is 12.1. The maximum Gasteiger partial charge on any atom is 0.401 e. The van der Waals surface area contributed by atoms with Crippen LogP contribution in [0.2, 0.25) is 0 Å². The molecular weight excluding hydrogens is 193 g/mol. The lowest BCUT2D eigenvalue weighted by Gasteiger charge is -2.48. The Morgan fingerprint density at radius 3 is 2.07 bits per heavy atom. The van der Waals surface area contributed by atoms with Crippen LogP contribution in [-0.2, 0) is 0 Å². The van der Waals surface area contributed by atoms with Crippen LogP contribution in [0.4, 0.5) is 13.2 Å². The van der Waals surface area contributed by atoms with Gasteiger partial charge in [-0.1, -0.05) is 0 Å². The fraction of sp³-hybridized carbons (Fsp3) is 1.00. The van der Waals surface area contributed by atoms with E-state index in [9.17, 15) is 13.2 Å². The molecule has 5 heteroatoms. The van der Waals surface area contributed by atoms with E-state index < -0.39 is 12.7 Å². The first kappa shape index (κ1) is 10.2. The SMILES string of the molecule is FC(F)(F)CN1CCC2(CC1)CNC2. The molecule has 0 bridgehead atoms. The van der Waals surface area contributed by atoms with Gasteiger partial charge in [0, 0.05) is 13.1 Å². The van der Waals surface area contributed by atoms with Crippen LogP contribution in [0.3, 0.4) is 0 Å². The Balaban J connectivity index is 1.78. The Labute approximate surface area is 81.5 Å². The lowest BCUT2D eigenvalue weighted by molar-refractivity contribution is -0.151. The summed E-state index contributed by atoms with van der Waals surface area (Å²) in [5, 5.41) is 3.19. The second-order valence-corrected chi connectivity index (χ2v) is 4.49. The average Bonchev–Trinajstić information content (AvgIpc) is 2.00. The van der Waals surface area contributed by atoms with Gasteiger partial charge in [-0.3, -0.25) is 4.90 Å². The van der Waals surface area contributed by atoms with Gasteiger partial charge in [0.05, 0.1) is 6.54 Å². The zero-order valence-corrected chi connectivity index (χ0v) is 8.03. The number of nitrogens with one attached hydrogen (secondary N) is 1. The van der Waals surface area contributed by atoms with E-state index in [1.54, 1.807) is 0 Å². The fourth-order valence-electron chi connectivity index (χ4n) is 2.27. The predicted molar refractivity (Wildman–Crippen MR) is 47.0 cm³/mol. The molecule has 0 aromatic heterocycles. The molecule has 1 N–H and O–H groups in total. The molecule has 2 saturated heterocycles. The number of halogens is 3. The highest BCUT2D eigenvalue weighted by Gasteiger charge is 2.41. The van der Waals surface area contributed by atoms with Gasteiger partial charge in [0.25, 0.3) is 0 Å². The molecule has 2 aliphatic rings. The van der Waals surface area contributed by atoms with Gasteiger partial charge in [-0.25, -0.2) is 0 Å². The third-order valence-corrected chi connectivity index (χ3v) is 3.32. The standard InChI is InChI=1S/C9H15F3N2/c10-9(11,12)7-14-3-1-8(2-4-14)5-13-6-8/h13H,1-7H2. The van der Waals surface area contributed by atoms with Crippen molar-refractivity contribution in [1.82, 2.24) is 10.2 Å². The first-order valence-electron chi connectivity index (χ1n) is 4.99. The molecule has 2 nitrogen and oxygen atoms in total. The van der Waals surface area contributed by atoms with Crippen molar-refractivity contribution in [2.75, 3.05) is 32.7 Å². The Hall–Kier alpha value is -0.290. The summed E-state index contributed by atoms with van der Waals surface area (Å²) in [6, 6.07) is 0. The molecule has 0 amide bonds. The minimum atomic E-state index is -4.04. The van der Waals surface area contributed by atoms with Gasteiger partial charge in [-0.15, -0.1) is 0 Å². The smallest absolute Gasteiger partial charge is 0.316 e. The number of rotatable bonds is 1. The molecule has 2 heterocycles. The summed E-state index contributed by atoms with van der Waals surface area (Å²) in [6.45, 7) is 2.44. The van der Waals surface area contributed by atoms with Crippen LogP contribution in [0.25, 0.3) is 0 Å². The van der Waals surface area contributed by atoms with E-state index >= 15 is 0 Å². The molecule has 2 aliphatic heterocycles. The van der Waals surface area contributed by atoms with Crippen molar-refractivity contribution in [3.8, 4) is 0 Å². The summed E-state index contributed by atoms with van der Waals surface area (Å²) >= 11 is 0. The lowest BCUT2D eigenvalue weighted by atomic mass is 9.73. The largest absolute Gasteiger partial charge is 0.401 e. The second-order valence-electron chi connectivity index (χ2n) is 4.49. The van der Waals surface area contributed by atoms with Crippen LogP contribution in [0.15, 0.2) is 0 Å². The van der Waals surface area contributed by atoms with Crippen LogP contribution < -0.4 is 5.32 Å². The van der Waals surface area contributed by atoms with Crippen LogP contribution in [0.5, 0.6) is 0 Å². The summed E-state index contributed by atoms with van der Waals surface area (Å²) in [5.74, 6) is 0. The van der Waals surface area contributed by atoms with E-state index in [4.69, 9.17) is 0 Å². The highest BCUT2D eigenvalue weighted by Crippen LogP contribution is 2.35. The van der Waals surface area contributed by atoms with E-state index in [-0.39, 0.29) is 0 Å². The minimum Gasteiger partial charge on any atom is -0.316 e. The molecule has 2 fully saturated rings. The molecule has 0 aliphatic carbocycles. The van der Waals surface area contributed by atoms with Crippen LogP contribution in [-0.4, -0.2) is 43.8 Å². The van der Waals surface area contributed by atoms with Crippen LogP contribution >= 0.6 is 0 Å². The van der Waals surface area contributed by atoms with Crippen molar-refractivity contribution >= 4 is 0 Å². The summed E-state index contributed by atoms with van der Waals surface area (Å²) in [7, 11) is 0. The van der Waals surface area contributed by atoms with Crippen LogP contribution in [0, 0.1) is 5.41 Å². The van der Waals surface area contributed by atoms with Crippen molar-refractivity contribution in [2.24, 2.45) is 5.41 Å². The molecule has 0 atom stereocenters. The van der Waals surface area contributed by atoms with Gasteiger partial charge in [0.1, 0.15) is 0 Å². The van der Waals surface area contributed by atoms with E-state index in [1.807, 2.05) is 0 Å². The Morgan fingerprint density at radius 1 is 1.14 bits per heavy atom. The average molecular weight is 208 g/mol. The third kappa shape index (κ3) is 2.20. The number of hydrogen-bond donors (Lipinski definition) is 1. The molecule has 1 spiro atoms. The normalized spacial score (nSPS) is 27.6. The monoisotopic (exact) mass is 208 g/mol. The second kappa shape index (κ2) is 3.38. The molecule has 82 valence electrons. The predicted octanol–water partition coefficient (Wildman–Crippen LogP) is 1.23. The number of hydrogen-bond acceptors (Lipinski definition) is 2. The molecule has 0 aromatic carbocycles. The zero-order valence-electron chi connectivity index (χ0n) is 8.03. The van der Waals surface area contributed by atoms with E-state index in [0.717, 1.165) is 25.9 Å². The van der Waals surface area contributed by atoms with Gasteiger partial charge >= 0.3 is 6.18 Å². The van der Waals surface area contributed by atoms with E-state index in [0.29, 0.717) is 18.5 Å². The Kier molecular flexibility index (Phi) is 2.47. The molecule has 0 saturated carbocycles. The molecule has 2 rings (SSSR count). The van der Waals surface area contributed by atoms with E-state index in [2.05, 4.69) is 5.32 Å². The van der Waals surface area contributed by atoms with Crippen molar-refractivity contribution in [2.45, 2.75) is 19.0 Å². The van der Waals surface area contributed by atoms with Crippen molar-refractivity contribution in [3.05, 3.63) is 0 Å². The lowest BCUT2D eigenvalue weighted by Crippen LogP contribution is -2.58. The molecular formula is C9H15F3N2. The molecule has 0 unspecified atom stereocenters. The first-order chi connectivity index (χ1) is 6.49. The summed E-state index contributed by atoms with van der Waals surface area (Å²) in [5.41, 5.74) is 0.335. The van der Waals surface area contributed by atoms with Gasteiger partial charge in [-0.05, 0) is 31.3 Å². The number of alkyl halides is 3. The summed E-state index contributed by atoms with van der Waals surface area (Å²) < 4.78 is 36.2. The molecule has 14 heavy (non-hydrogen) atoms. The number of piperidine rings is 1. The minimum absolute atomic E-state index is 0.335. The molecule has 0 radical (unpaired) electrons. The van der Waals surface area contributed by atoms with Crippen molar-refractivity contribution in [3.63, 3.8) is 0 Å². The van der Waals surface area contributed by atoms with Gasteiger partial charge < -0.3 is 5.32 Å². The number of nitrogens with zero attached hydrogens (tertiary/aromatic N) is 1. The number of likely N-dealkylation sites (tertiary alicyclic amines) is 1.